The fourth-order valence-corrected chi connectivity index (χ4v) is 11.7. The van der Waals surface area contributed by atoms with Gasteiger partial charge in [-0.25, -0.2) is 0 Å². The zero-order valence-electron chi connectivity index (χ0n) is 38.2. The third kappa shape index (κ3) is 9.72. The van der Waals surface area contributed by atoms with Crippen molar-refractivity contribution >= 4 is 17.3 Å². The summed E-state index contributed by atoms with van der Waals surface area (Å²) in [5.74, 6) is 0.951. The topological polar surface area (TPSA) is 268 Å². The lowest BCUT2D eigenvalue weighted by atomic mass is 9.46. The molecule has 3 saturated carbocycles. The fourth-order valence-electron chi connectivity index (χ4n) is 11.7. The molecule has 64 heavy (non-hydrogen) atoms. The summed E-state index contributed by atoms with van der Waals surface area (Å²) >= 11 is 0. The third-order valence-electron chi connectivity index (χ3n) is 14.9. The van der Waals surface area contributed by atoms with E-state index in [9.17, 15) is 39.9 Å². The molecule has 0 bridgehead atoms. The highest BCUT2D eigenvalue weighted by Gasteiger charge is 2.75. The smallest absolute Gasteiger partial charge is 0.193 e. The number of β-amino-alcohol motifs (C(OH)–C–C–N with tert-alkyl or cyclic N) is 1. The SMILES string of the molecule is CC(C)(C)NC[C@H](O)COc1cccc2c1CCCC2=O.CCC[C@@H]1O[C@@H]2C[C@H]3[C@@H]4CCC5=CC(=O)C=C[C@]5(C)[C@H]4[C@@H](O)C[C@]3(C)[C@]2(C(=O)CO)O1.N[C@@H]1[C@@H](O)[C@H](O)[C@@H](CO)O[C@H]1O. The minimum absolute atomic E-state index is 0.0125. The van der Waals surface area contributed by atoms with E-state index in [0.717, 1.165) is 54.6 Å². The molecule has 16 heteroatoms. The van der Waals surface area contributed by atoms with Gasteiger partial charge in [-0.2, -0.15) is 0 Å². The minimum Gasteiger partial charge on any atom is -0.491 e. The Morgan fingerprint density at radius 3 is 2.45 bits per heavy atom. The molecule has 1 aromatic rings. The standard InChI is InChI=1S/C25H34O6.C17H25NO3.C6H13NO5/c1-4-5-21-30-20-11-17-16-7-6-14-10-15(27)8-9-23(14,2)22(16)18(28)12-24(17,3)25(20,31-21)19(29)13-26;1-17(2,3)18-10-12(19)11-21-16-9-5-6-13-14(16)7-4-8-15(13)20;7-3-5(10)4(9)2(1-8)12-6(3)11/h8-10,16-18,20-22,26,28H,4-7,11-13H2,1-3H3;5-6,9,12,18-19H,4,7-8,10-11H2,1-3H3;2-6,8-11H,1,7H2/t16-,17-,18-,20+,21+,22+,23-,24-,25+;12-;2-,3-,4-,5-,6-/m001/s1. The zero-order valence-corrected chi connectivity index (χ0v) is 38.2. The molecule has 15 atom stereocenters. The fraction of sp³-hybridized carbons (Fsp3) is 0.729. The lowest BCUT2D eigenvalue weighted by Crippen LogP contribution is -2.63. The van der Waals surface area contributed by atoms with Crippen molar-refractivity contribution < 1.29 is 69.1 Å². The number of carbonyl (C=O) groups excluding carboxylic acids is 3. The molecule has 5 aliphatic carbocycles. The molecule has 0 spiro atoms. The average molecular weight is 901 g/mol. The van der Waals surface area contributed by atoms with Crippen LogP contribution in [0.25, 0.3) is 0 Å². The monoisotopic (exact) mass is 900 g/mol. The summed E-state index contributed by atoms with van der Waals surface area (Å²) in [4.78, 5) is 37.1. The van der Waals surface area contributed by atoms with Crippen molar-refractivity contribution in [1.82, 2.24) is 5.32 Å². The average Bonchev–Trinajstić information content (AvgIpc) is 3.74. The molecule has 2 aliphatic heterocycles. The quantitative estimate of drug-likeness (QED) is 0.162. The summed E-state index contributed by atoms with van der Waals surface area (Å²) in [6, 6.07) is 4.54. The van der Waals surface area contributed by atoms with Gasteiger partial charge in [-0.1, -0.05) is 51.0 Å². The van der Waals surface area contributed by atoms with Crippen LogP contribution in [-0.2, 0) is 30.2 Å². The molecule has 1 aromatic carbocycles. The number of aliphatic hydroxyl groups is 7. The van der Waals surface area contributed by atoms with Crippen LogP contribution < -0.4 is 15.8 Å². The molecule has 358 valence electrons. The molecule has 2 heterocycles. The molecule has 2 saturated heterocycles. The molecule has 0 radical (unpaired) electrons. The molecule has 16 nitrogen and oxygen atoms in total. The summed E-state index contributed by atoms with van der Waals surface area (Å²) in [7, 11) is 0. The molecule has 5 fully saturated rings. The van der Waals surface area contributed by atoms with Gasteiger partial charge in [0.1, 0.15) is 43.4 Å². The number of nitrogens with one attached hydrogen (secondary N) is 1. The van der Waals surface area contributed by atoms with Crippen molar-refractivity contribution in [3.8, 4) is 5.75 Å². The van der Waals surface area contributed by atoms with Gasteiger partial charge in [-0.15, -0.1) is 0 Å². The Morgan fingerprint density at radius 2 is 1.78 bits per heavy atom. The number of aliphatic hydroxyl groups excluding tert-OH is 7. The highest BCUT2D eigenvalue weighted by Crippen LogP contribution is 2.69. The number of allylic oxidation sites excluding steroid dienone is 4. The third-order valence-corrected chi connectivity index (χ3v) is 14.9. The Labute approximate surface area is 376 Å². The van der Waals surface area contributed by atoms with E-state index in [-0.39, 0.29) is 52.7 Å². The Balaban J connectivity index is 0.000000178. The first-order valence-electron chi connectivity index (χ1n) is 23.0. The largest absolute Gasteiger partial charge is 0.491 e. The van der Waals surface area contributed by atoms with Crippen LogP contribution in [0.3, 0.4) is 0 Å². The first kappa shape index (κ1) is 50.4. The van der Waals surface area contributed by atoms with Crippen LogP contribution in [0.4, 0.5) is 0 Å². The van der Waals surface area contributed by atoms with E-state index in [0.29, 0.717) is 32.2 Å². The second-order valence-electron chi connectivity index (χ2n) is 20.2. The van der Waals surface area contributed by atoms with Crippen molar-refractivity contribution in [2.45, 2.75) is 166 Å². The summed E-state index contributed by atoms with van der Waals surface area (Å²) in [6.07, 6.45) is 5.26. The van der Waals surface area contributed by atoms with E-state index < -0.39 is 79.5 Å². The van der Waals surface area contributed by atoms with Gasteiger partial charge < -0.3 is 65.7 Å². The number of ketones is 3. The zero-order chi connectivity index (χ0) is 46.9. The second-order valence-corrected chi connectivity index (χ2v) is 20.2. The molecule has 8 rings (SSSR count). The van der Waals surface area contributed by atoms with Gasteiger partial charge in [0.15, 0.2) is 35.5 Å². The molecular weight excluding hydrogens is 829 g/mol. The summed E-state index contributed by atoms with van der Waals surface area (Å²) in [5, 5.41) is 70.7. The number of hydrogen-bond acceptors (Lipinski definition) is 16. The first-order chi connectivity index (χ1) is 30.1. The predicted molar refractivity (Wildman–Crippen MR) is 234 cm³/mol. The molecular formula is C48H72N2O14. The van der Waals surface area contributed by atoms with Gasteiger partial charge >= 0.3 is 0 Å². The predicted octanol–water partition coefficient (Wildman–Crippen LogP) is 1.80. The van der Waals surface area contributed by atoms with Crippen molar-refractivity contribution in [3.05, 3.63) is 53.1 Å². The Hall–Kier alpha value is -2.97. The van der Waals surface area contributed by atoms with Crippen LogP contribution in [0.15, 0.2) is 42.0 Å². The number of hydrogen-bond donors (Lipinski definition) is 9. The number of fused-ring (bicyclic) bond motifs is 8. The van der Waals surface area contributed by atoms with E-state index >= 15 is 0 Å². The maximum atomic E-state index is 13.2. The second kappa shape index (κ2) is 20.1. The Morgan fingerprint density at radius 1 is 1.05 bits per heavy atom. The van der Waals surface area contributed by atoms with Crippen molar-refractivity contribution in [1.29, 1.82) is 0 Å². The molecule has 7 aliphatic rings. The summed E-state index contributed by atoms with van der Waals surface area (Å²) in [6.45, 7) is 12.1. The summed E-state index contributed by atoms with van der Waals surface area (Å²) in [5.41, 5.74) is 5.96. The number of nitrogens with two attached hydrogens (primary N) is 1. The van der Waals surface area contributed by atoms with Crippen LogP contribution >= 0.6 is 0 Å². The van der Waals surface area contributed by atoms with Gasteiger partial charge in [-0.3, -0.25) is 14.4 Å². The maximum Gasteiger partial charge on any atom is 0.193 e. The van der Waals surface area contributed by atoms with E-state index in [4.69, 9.17) is 34.9 Å². The van der Waals surface area contributed by atoms with Crippen LogP contribution in [-0.4, -0.2) is 146 Å². The number of carbonyl (C=O) groups is 3. The van der Waals surface area contributed by atoms with Gasteiger partial charge in [0.2, 0.25) is 0 Å². The highest BCUT2D eigenvalue weighted by molar-refractivity contribution is 6.01. The van der Waals surface area contributed by atoms with Crippen LogP contribution in [0.1, 0.15) is 109 Å². The Kier molecular flexibility index (Phi) is 15.8. The van der Waals surface area contributed by atoms with Crippen molar-refractivity contribution in [3.63, 3.8) is 0 Å². The number of benzene rings is 1. The maximum absolute atomic E-state index is 13.2. The van der Waals surface area contributed by atoms with E-state index in [1.807, 2.05) is 24.3 Å². The number of rotatable bonds is 10. The van der Waals surface area contributed by atoms with E-state index in [2.05, 4.69) is 46.9 Å². The lowest BCUT2D eigenvalue weighted by Gasteiger charge is -2.59. The number of Topliss-reactive ketones (excluding diaryl/α,β-unsaturated/α-hetero) is 2. The lowest BCUT2D eigenvalue weighted by molar-refractivity contribution is -0.248. The molecule has 10 N–H and O–H groups in total. The van der Waals surface area contributed by atoms with Gasteiger partial charge in [0.25, 0.3) is 0 Å². The summed E-state index contributed by atoms with van der Waals surface area (Å²) < 4.78 is 23.1. The number of ether oxygens (including phenoxy) is 4. The van der Waals surface area contributed by atoms with Gasteiger partial charge in [-0.05, 0) is 95.8 Å². The van der Waals surface area contributed by atoms with E-state index in [1.165, 1.54) is 0 Å². The van der Waals surface area contributed by atoms with Crippen LogP contribution in [0.2, 0.25) is 0 Å². The van der Waals surface area contributed by atoms with Gasteiger partial charge in [0.05, 0.1) is 24.9 Å². The molecule has 0 amide bonds. The Bertz CT molecular complexity index is 1900. The van der Waals surface area contributed by atoms with E-state index in [1.54, 1.807) is 12.2 Å². The normalized spacial score (nSPS) is 39.0. The van der Waals surface area contributed by atoms with Crippen molar-refractivity contribution in [2.24, 2.45) is 34.3 Å². The molecule has 0 aromatic heterocycles. The van der Waals surface area contributed by atoms with Crippen LogP contribution in [0.5, 0.6) is 5.75 Å². The first-order valence-corrected chi connectivity index (χ1v) is 23.0. The van der Waals surface area contributed by atoms with Crippen molar-refractivity contribution in [2.75, 3.05) is 26.4 Å². The molecule has 0 unspecified atom stereocenters. The minimum atomic E-state index is -1.35. The van der Waals surface area contributed by atoms with Gasteiger partial charge in [0, 0.05) is 46.4 Å². The highest BCUT2D eigenvalue weighted by atomic mass is 16.7. The van der Waals surface area contributed by atoms with Crippen LogP contribution in [0, 0.1) is 28.6 Å².